The molecule has 0 rings (SSSR count). The number of carboxylic acid groups (broad SMARTS) is 1. The molecule has 0 saturated heterocycles. The van der Waals surface area contributed by atoms with Gasteiger partial charge in [0, 0.05) is 13.3 Å². The van der Waals surface area contributed by atoms with Crippen molar-refractivity contribution in [1.82, 2.24) is 0 Å². The number of aliphatic carboxylic acids is 1. The molecule has 0 aliphatic carbocycles. The molecule has 0 heterocycles. The summed E-state index contributed by atoms with van der Waals surface area (Å²) in [7, 11) is -4.66. The quantitative estimate of drug-likeness (QED) is 0.0352. The molecule has 0 aliphatic rings. The molecule has 0 aliphatic heterocycles. The second kappa shape index (κ2) is 29.9. The average molecular weight is 666 g/mol. The van der Waals surface area contributed by atoms with Gasteiger partial charge in [0.25, 0.3) is 0 Å². The Bertz CT molecular complexity index is 797. The Morgan fingerprint density at radius 3 is 1.40 bits per heavy atom. The van der Waals surface area contributed by atoms with Crippen LogP contribution in [0.5, 0.6) is 0 Å². The molecule has 11 nitrogen and oxygen atoms in total. The highest BCUT2D eigenvalue weighted by atomic mass is 31.2. The van der Waals surface area contributed by atoms with Gasteiger partial charge in [-0.1, -0.05) is 142 Å². The van der Waals surface area contributed by atoms with E-state index in [9.17, 15) is 23.8 Å². The van der Waals surface area contributed by atoms with Gasteiger partial charge >= 0.3 is 25.7 Å². The number of hydrogen-bond acceptors (Lipinski definition) is 9. The van der Waals surface area contributed by atoms with Crippen molar-refractivity contribution in [3.8, 4) is 0 Å². The van der Waals surface area contributed by atoms with E-state index in [1.54, 1.807) is 0 Å². The summed E-state index contributed by atoms with van der Waals surface area (Å²) in [5, 5.41) is 8.71. The lowest BCUT2D eigenvalue weighted by atomic mass is 10.0. The predicted octanol–water partition coefficient (Wildman–Crippen LogP) is 8.00. The van der Waals surface area contributed by atoms with Crippen LogP contribution >= 0.6 is 7.82 Å². The zero-order valence-electron chi connectivity index (χ0n) is 28.2. The zero-order valence-corrected chi connectivity index (χ0v) is 29.1. The van der Waals surface area contributed by atoms with E-state index in [0.717, 1.165) is 26.2 Å². The molecular weight excluding hydrogens is 601 g/mol. The maximum atomic E-state index is 12.1. The van der Waals surface area contributed by atoms with Gasteiger partial charge in [-0.2, -0.15) is 0 Å². The third-order valence-electron chi connectivity index (χ3n) is 7.66. The lowest BCUT2D eigenvalue weighted by molar-refractivity contribution is -0.159. The Morgan fingerprint density at radius 2 is 1.02 bits per heavy atom. The Balaban J connectivity index is 3.68. The molecular formula is C33H64NO10P. The average Bonchev–Trinajstić information content (AvgIpc) is 2.99. The first-order valence-electron chi connectivity index (χ1n) is 17.5. The number of unbranched alkanes of at least 4 members (excludes halogenated alkanes) is 21. The number of phosphoric ester groups is 1. The molecule has 266 valence electrons. The summed E-state index contributed by atoms with van der Waals surface area (Å²) < 4.78 is 31.3. The number of phosphoric acid groups is 1. The Morgan fingerprint density at radius 1 is 0.644 bits per heavy atom. The van der Waals surface area contributed by atoms with Gasteiger partial charge in [-0.15, -0.1) is 0 Å². The fourth-order valence-corrected chi connectivity index (χ4v) is 5.73. The van der Waals surface area contributed by atoms with E-state index in [1.165, 1.54) is 116 Å². The van der Waals surface area contributed by atoms with E-state index in [0.29, 0.717) is 6.42 Å². The zero-order chi connectivity index (χ0) is 33.6. The first-order valence-corrected chi connectivity index (χ1v) is 19.0. The predicted molar refractivity (Wildman–Crippen MR) is 176 cm³/mol. The van der Waals surface area contributed by atoms with Crippen molar-refractivity contribution >= 4 is 25.7 Å². The summed E-state index contributed by atoms with van der Waals surface area (Å²) >= 11 is 0. The molecule has 3 atom stereocenters. The summed E-state index contributed by atoms with van der Waals surface area (Å²) in [6.45, 7) is 1.70. The van der Waals surface area contributed by atoms with Crippen LogP contribution in [0.15, 0.2) is 0 Å². The number of hydrogen-bond donors (Lipinski definition) is 3. The van der Waals surface area contributed by atoms with E-state index in [2.05, 4.69) is 11.4 Å². The van der Waals surface area contributed by atoms with Crippen LogP contribution in [0.1, 0.15) is 162 Å². The van der Waals surface area contributed by atoms with Gasteiger partial charge in [0.2, 0.25) is 0 Å². The van der Waals surface area contributed by atoms with Crippen molar-refractivity contribution in [2.24, 2.45) is 5.73 Å². The fourth-order valence-electron chi connectivity index (χ4n) is 4.95. The van der Waals surface area contributed by atoms with Gasteiger partial charge in [0.1, 0.15) is 12.6 Å². The van der Waals surface area contributed by atoms with E-state index >= 15 is 0 Å². The lowest BCUT2D eigenvalue weighted by Crippen LogP contribution is -2.34. The van der Waals surface area contributed by atoms with Gasteiger partial charge in [-0.3, -0.25) is 23.4 Å². The molecule has 12 heteroatoms. The third-order valence-corrected chi connectivity index (χ3v) is 8.61. The van der Waals surface area contributed by atoms with Gasteiger partial charge in [0.05, 0.1) is 13.2 Å². The molecule has 0 spiro atoms. The van der Waals surface area contributed by atoms with Gasteiger partial charge < -0.3 is 25.2 Å². The largest absolute Gasteiger partial charge is 0.480 e. The van der Waals surface area contributed by atoms with Crippen LogP contribution in [0.2, 0.25) is 0 Å². The number of nitrogens with two attached hydrogens (primary N) is 1. The normalized spacial score (nSPS) is 14.0. The molecule has 0 aromatic carbocycles. The van der Waals surface area contributed by atoms with Crippen LogP contribution in [0.4, 0.5) is 0 Å². The highest BCUT2D eigenvalue weighted by Crippen LogP contribution is 2.43. The second-order valence-corrected chi connectivity index (χ2v) is 13.5. The molecule has 4 N–H and O–H groups in total. The SMILES string of the molecule is CCCCCCCCCCCCCCCCCCCCCCCCC(=O)OC[C@H](COP(=O)(O)OC[C@H](N)C(=O)O)OC(C)=O. The lowest BCUT2D eigenvalue weighted by Gasteiger charge is -2.19. The van der Waals surface area contributed by atoms with E-state index in [4.69, 9.17) is 24.8 Å². The third kappa shape index (κ3) is 30.9. The van der Waals surface area contributed by atoms with Crippen molar-refractivity contribution in [3.05, 3.63) is 0 Å². The van der Waals surface area contributed by atoms with Crippen LogP contribution in [0.25, 0.3) is 0 Å². The molecule has 0 bridgehead atoms. The number of carbonyl (C=O) groups excluding carboxylic acids is 2. The van der Waals surface area contributed by atoms with E-state index in [1.807, 2.05) is 0 Å². The van der Waals surface area contributed by atoms with Crippen molar-refractivity contribution in [1.29, 1.82) is 0 Å². The van der Waals surface area contributed by atoms with Crippen LogP contribution in [-0.2, 0) is 37.5 Å². The molecule has 0 aromatic heterocycles. The minimum absolute atomic E-state index is 0.224. The van der Waals surface area contributed by atoms with Crippen molar-refractivity contribution in [2.75, 3.05) is 19.8 Å². The van der Waals surface area contributed by atoms with Crippen LogP contribution in [-0.4, -0.2) is 59.9 Å². The van der Waals surface area contributed by atoms with E-state index in [-0.39, 0.29) is 13.0 Å². The highest BCUT2D eigenvalue weighted by molar-refractivity contribution is 7.47. The number of ether oxygens (including phenoxy) is 2. The molecule has 0 radical (unpaired) electrons. The maximum absolute atomic E-state index is 12.1. The van der Waals surface area contributed by atoms with Crippen LogP contribution in [0, 0.1) is 0 Å². The molecule has 45 heavy (non-hydrogen) atoms. The number of esters is 2. The first kappa shape index (κ1) is 43.5. The Labute approximate surface area is 272 Å². The van der Waals surface area contributed by atoms with Crippen molar-refractivity contribution < 1.29 is 47.5 Å². The smallest absolute Gasteiger partial charge is 0.472 e. The fraction of sp³-hybridized carbons (Fsp3) is 0.909. The second-order valence-electron chi connectivity index (χ2n) is 12.1. The van der Waals surface area contributed by atoms with Gasteiger partial charge in [-0.05, 0) is 6.42 Å². The Hall–Kier alpha value is -1.52. The Kier molecular flexibility index (Phi) is 28.8. The number of carbonyl (C=O) groups is 3. The minimum Gasteiger partial charge on any atom is -0.480 e. The van der Waals surface area contributed by atoms with Crippen molar-refractivity contribution in [2.45, 2.75) is 174 Å². The van der Waals surface area contributed by atoms with Gasteiger partial charge in [0.15, 0.2) is 6.10 Å². The molecule has 0 aromatic rings. The molecule has 0 fully saturated rings. The van der Waals surface area contributed by atoms with Gasteiger partial charge in [-0.25, -0.2) is 4.57 Å². The van der Waals surface area contributed by atoms with E-state index < -0.39 is 51.1 Å². The summed E-state index contributed by atoms with van der Waals surface area (Å²) in [6, 6.07) is -1.51. The maximum Gasteiger partial charge on any atom is 0.472 e. The van der Waals surface area contributed by atoms with Crippen LogP contribution in [0.3, 0.4) is 0 Å². The molecule has 0 amide bonds. The molecule has 1 unspecified atom stereocenters. The topological polar surface area (TPSA) is 172 Å². The summed E-state index contributed by atoms with van der Waals surface area (Å²) in [4.78, 5) is 43.8. The summed E-state index contributed by atoms with van der Waals surface area (Å²) in [5.41, 5.74) is 5.22. The summed E-state index contributed by atoms with van der Waals surface area (Å²) in [6.07, 6.45) is 27.6. The monoisotopic (exact) mass is 665 g/mol. The number of rotatable bonds is 33. The summed E-state index contributed by atoms with van der Waals surface area (Å²) in [5.74, 6) is -2.57. The van der Waals surface area contributed by atoms with Crippen molar-refractivity contribution in [3.63, 3.8) is 0 Å². The molecule has 0 saturated carbocycles. The first-order chi connectivity index (χ1) is 21.6. The number of carboxylic acids is 1. The standard InChI is InChI=1S/C33H64NO10P/c1-3-4-5-6-7-8-9-10-11-12-13-14-15-16-17-18-19-20-21-22-23-24-25-32(36)41-26-30(44-29(2)35)27-42-45(39,40)43-28-31(34)33(37)38/h30-31H,3-28,34H2,1-2H3,(H,37,38)(H,39,40)/t30-,31+/m1/s1. The minimum atomic E-state index is -4.66. The highest BCUT2D eigenvalue weighted by Gasteiger charge is 2.27. The van der Waals surface area contributed by atoms with Crippen LogP contribution < -0.4 is 5.73 Å².